The predicted molar refractivity (Wildman–Crippen MR) is 62.9 cm³/mol. The van der Waals surface area contributed by atoms with Crippen molar-refractivity contribution in [3.05, 3.63) is 36.7 Å². The van der Waals surface area contributed by atoms with Gasteiger partial charge in [-0.2, -0.15) is 0 Å². The van der Waals surface area contributed by atoms with E-state index in [1.165, 1.54) is 7.11 Å². The summed E-state index contributed by atoms with van der Waals surface area (Å²) in [5.41, 5.74) is 1.05. The van der Waals surface area contributed by atoms with E-state index in [-0.39, 0.29) is 18.6 Å². The Balaban J connectivity index is 2.56. The first-order chi connectivity index (χ1) is 7.67. The molecule has 1 unspecified atom stereocenters. The maximum atomic E-state index is 11.1. The van der Waals surface area contributed by atoms with Crippen molar-refractivity contribution in [2.24, 2.45) is 0 Å². The van der Waals surface area contributed by atoms with E-state index in [1.807, 2.05) is 35.9 Å². The molecule has 0 spiro atoms. The summed E-state index contributed by atoms with van der Waals surface area (Å²) in [6, 6.07) is 4.14. The van der Waals surface area contributed by atoms with Gasteiger partial charge in [-0.25, -0.2) is 0 Å². The second-order valence-electron chi connectivity index (χ2n) is 3.61. The third-order valence-electron chi connectivity index (χ3n) is 2.41. The fraction of sp³-hybridized carbons (Fsp3) is 0.417. The molecule has 16 heavy (non-hydrogen) atoms. The van der Waals surface area contributed by atoms with E-state index in [0.717, 1.165) is 5.69 Å². The van der Waals surface area contributed by atoms with Gasteiger partial charge >= 0.3 is 5.97 Å². The van der Waals surface area contributed by atoms with Crippen LogP contribution in [0.3, 0.4) is 0 Å². The van der Waals surface area contributed by atoms with E-state index in [1.54, 1.807) is 0 Å². The molecule has 0 aliphatic heterocycles. The molecule has 1 heterocycles. The Morgan fingerprint density at radius 1 is 1.75 bits per heavy atom. The molecule has 0 aromatic carbocycles. The second kappa shape index (κ2) is 6.12. The molecular weight excluding hydrogens is 204 g/mol. The zero-order chi connectivity index (χ0) is 12.0. The Kier molecular flexibility index (Phi) is 4.79. The van der Waals surface area contributed by atoms with Crippen molar-refractivity contribution in [1.82, 2.24) is 9.88 Å². The van der Waals surface area contributed by atoms with Gasteiger partial charge in [-0.05, 0) is 19.1 Å². The first-order valence-electron chi connectivity index (χ1n) is 5.24. The lowest BCUT2D eigenvalue weighted by atomic mass is 10.3. The van der Waals surface area contributed by atoms with Crippen molar-refractivity contribution in [2.45, 2.75) is 26.1 Å². The van der Waals surface area contributed by atoms with Gasteiger partial charge in [0.1, 0.15) is 6.54 Å². The highest BCUT2D eigenvalue weighted by Crippen LogP contribution is 2.03. The maximum Gasteiger partial charge on any atom is 0.325 e. The lowest BCUT2D eigenvalue weighted by Crippen LogP contribution is -2.25. The van der Waals surface area contributed by atoms with E-state index in [9.17, 15) is 4.79 Å². The molecule has 0 saturated carbocycles. The summed E-state index contributed by atoms with van der Waals surface area (Å²) in [5.74, 6) is -0.241. The molecule has 1 rings (SSSR count). The molecule has 0 aliphatic carbocycles. The number of carbonyl (C=O) groups excluding carboxylic acids is 1. The lowest BCUT2D eigenvalue weighted by Gasteiger charge is -2.11. The van der Waals surface area contributed by atoms with Crippen LogP contribution in [0.1, 0.15) is 12.6 Å². The molecule has 1 atom stereocenters. The molecule has 0 aliphatic rings. The first kappa shape index (κ1) is 12.5. The van der Waals surface area contributed by atoms with Gasteiger partial charge in [0.05, 0.1) is 7.11 Å². The summed E-state index contributed by atoms with van der Waals surface area (Å²) in [6.07, 6.45) is 3.71. The molecule has 1 aromatic rings. The average molecular weight is 222 g/mol. The van der Waals surface area contributed by atoms with Gasteiger partial charge in [-0.3, -0.25) is 4.79 Å². The largest absolute Gasteiger partial charge is 0.468 e. The number of carbonyl (C=O) groups is 1. The van der Waals surface area contributed by atoms with Crippen LogP contribution in [-0.2, 0) is 22.6 Å². The summed E-state index contributed by atoms with van der Waals surface area (Å²) in [4.78, 5) is 11.1. The van der Waals surface area contributed by atoms with E-state index < -0.39 is 0 Å². The smallest absolute Gasteiger partial charge is 0.325 e. The molecule has 4 nitrogen and oxygen atoms in total. The highest BCUT2D eigenvalue weighted by molar-refractivity contribution is 5.69. The lowest BCUT2D eigenvalue weighted by molar-refractivity contribution is -0.141. The van der Waals surface area contributed by atoms with E-state index >= 15 is 0 Å². The van der Waals surface area contributed by atoms with Gasteiger partial charge in [0.15, 0.2) is 0 Å². The third-order valence-corrected chi connectivity index (χ3v) is 2.41. The number of esters is 1. The number of nitrogens with zero attached hydrogens (tertiary/aromatic N) is 1. The third kappa shape index (κ3) is 3.55. The molecule has 0 amide bonds. The van der Waals surface area contributed by atoms with Gasteiger partial charge in [-0.15, -0.1) is 6.58 Å². The number of nitrogens with one attached hydrogen (secondary N) is 1. The first-order valence-corrected chi connectivity index (χ1v) is 5.24. The van der Waals surface area contributed by atoms with E-state index in [0.29, 0.717) is 6.54 Å². The van der Waals surface area contributed by atoms with Crippen molar-refractivity contribution in [3.8, 4) is 0 Å². The average Bonchev–Trinajstić information content (AvgIpc) is 2.73. The molecule has 88 valence electrons. The molecule has 0 fully saturated rings. The summed E-state index contributed by atoms with van der Waals surface area (Å²) in [6.45, 7) is 6.69. The SMILES string of the molecule is C=CC(C)NCc1cccn1CC(=O)OC. The molecule has 1 N–H and O–H groups in total. The summed E-state index contributed by atoms with van der Waals surface area (Å²) < 4.78 is 6.50. The van der Waals surface area contributed by atoms with E-state index in [2.05, 4.69) is 16.6 Å². The van der Waals surface area contributed by atoms with Crippen LogP contribution in [0.15, 0.2) is 31.0 Å². The minimum Gasteiger partial charge on any atom is -0.468 e. The summed E-state index contributed by atoms with van der Waals surface area (Å²) in [7, 11) is 1.39. The number of hydrogen-bond acceptors (Lipinski definition) is 3. The van der Waals surface area contributed by atoms with Crippen molar-refractivity contribution in [1.29, 1.82) is 0 Å². The number of ether oxygens (including phenoxy) is 1. The fourth-order valence-electron chi connectivity index (χ4n) is 1.32. The van der Waals surface area contributed by atoms with Crippen LogP contribution in [0, 0.1) is 0 Å². The van der Waals surface area contributed by atoms with Crippen LogP contribution in [0.2, 0.25) is 0 Å². The zero-order valence-electron chi connectivity index (χ0n) is 9.77. The Morgan fingerprint density at radius 3 is 3.12 bits per heavy atom. The normalized spacial score (nSPS) is 12.1. The molecule has 0 radical (unpaired) electrons. The van der Waals surface area contributed by atoms with Crippen molar-refractivity contribution >= 4 is 5.97 Å². The molecule has 1 aromatic heterocycles. The van der Waals surface area contributed by atoms with Crippen LogP contribution < -0.4 is 5.32 Å². The zero-order valence-corrected chi connectivity index (χ0v) is 9.77. The number of aromatic nitrogens is 1. The number of methoxy groups -OCH3 is 1. The van der Waals surface area contributed by atoms with Gasteiger partial charge in [0, 0.05) is 24.5 Å². The van der Waals surface area contributed by atoms with Crippen LogP contribution >= 0.6 is 0 Å². The Hall–Kier alpha value is -1.55. The standard InChI is InChI=1S/C12H18N2O2/c1-4-10(2)13-8-11-6-5-7-14(11)9-12(15)16-3/h4-7,10,13H,1,8-9H2,2-3H3. The summed E-state index contributed by atoms with van der Waals surface area (Å²) >= 11 is 0. The van der Waals surface area contributed by atoms with Gasteiger partial charge < -0.3 is 14.6 Å². The fourth-order valence-corrected chi connectivity index (χ4v) is 1.32. The van der Waals surface area contributed by atoms with Crippen molar-refractivity contribution in [2.75, 3.05) is 7.11 Å². The van der Waals surface area contributed by atoms with Gasteiger partial charge in [0.25, 0.3) is 0 Å². The minimum absolute atomic E-state index is 0.241. The molecular formula is C12H18N2O2. The predicted octanol–water partition coefficient (Wildman–Crippen LogP) is 1.33. The topological polar surface area (TPSA) is 43.3 Å². The Labute approximate surface area is 95.9 Å². The van der Waals surface area contributed by atoms with Gasteiger partial charge in [-0.1, -0.05) is 6.08 Å². The Morgan fingerprint density at radius 2 is 2.50 bits per heavy atom. The quantitative estimate of drug-likeness (QED) is 0.583. The number of hydrogen-bond donors (Lipinski definition) is 1. The van der Waals surface area contributed by atoms with Crippen LogP contribution in [0.4, 0.5) is 0 Å². The van der Waals surface area contributed by atoms with E-state index in [4.69, 9.17) is 0 Å². The summed E-state index contributed by atoms with van der Waals surface area (Å²) in [5, 5.41) is 3.28. The number of rotatable bonds is 6. The molecule has 4 heteroatoms. The molecule has 0 saturated heterocycles. The highest BCUT2D eigenvalue weighted by atomic mass is 16.5. The minimum atomic E-state index is -0.241. The van der Waals surface area contributed by atoms with Gasteiger partial charge in [0.2, 0.25) is 0 Å². The van der Waals surface area contributed by atoms with Crippen LogP contribution in [0.5, 0.6) is 0 Å². The Bertz CT molecular complexity index is 358. The van der Waals surface area contributed by atoms with Crippen LogP contribution in [-0.4, -0.2) is 23.7 Å². The monoisotopic (exact) mass is 222 g/mol. The van der Waals surface area contributed by atoms with Crippen molar-refractivity contribution < 1.29 is 9.53 Å². The van der Waals surface area contributed by atoms with Crippen LogP contribution in [0.25, 0.3) is 0 Å². The molecule has 0 bridgehead atoms. The second-order valence-corrected chi connectivity index (χ2v) is 3.61. The highest BCUT2D eigenvalue weighted by Gasteiger charge is 2.06. The maximum absolute atomic E-state index is 11.1. The van der Waals surface area contributed by atoms with Crippen molar-refractivity contribution in [3.63, 3.8) is 0 Å².